The molecule has 0 aliphatic carbocycles. The molecule has 6 heteroatoms. The van der Waals surface area contributed by atoms with Gasteiger partial charge in [-0.3, -0.25) is 0 Å². The van der Waals surface area contributed by atoms with Crippen molar-refractivity contribution < 1.29 is 31.9 Å². The SMILES string of the molecule is [2H]C([2H])([2H])Oc1cc(OC(F)(F)F)ccc1O. The lowest BCUT2D eigenvalue weighted by atomic mass is 10.3. The molecule has 1 rings (SSSR count). The van der Waals surface area contributed by atoms with Crippen molar-refractivity contribution in [2.75, 3.05) is 7.04 Å². The molecule has 0 spiro atoms. The number of methoxy groups -OCH3 is 1. The average Bonchev–Trinajstić information content (AvgIpc) is 2.05. The number of benzene rings is 1. The molecule has 14 heavy (non-hydrogen) atoms. The van der Waals surface area contributed by atoms with Crippen LogP contribution in [-0.4, -0.2) is 18.5 Å². The highest BCUT2D eigenvalue weighted by molar-refractivity contribution is 5.44. The van der Waals surface area contributed by atoms with Crippen molar-refractivity contribution in [1.29, 1.82) is 0 Å². The van der Waals surface area contributed by atoms with E-state index in [4.69, 9.17) is 4.11 Å². The van der Waals surface area contributed by atoms with Crippen LogP contribution in [0.2, 0.25) is 0 Å². The van der Waals surface area contributed by atoms with Gasteiger partial charge >= 0.3 is 6.36 Å². The number of phenolic OH excluding ortho intramolecular Hbond substituents is 1. The fourth-order valence-corrected chi connectivity index (χ4v) is 0.773. The second-order valence-electron chi connectivity index (χ2n) is 2.28. The molecule has 0 unspecified atom stereocenters. The molecule has 0 atom stereocenters. The van der Waals surface area contributed by atoms with Crippen molar-refractivity contribution in [3.8, 4) is 17.2 Å². The van der Waals surface area contributed by atoms with Crippen molar-refractivity contribution in [2.24, 2.45) is 0 Å². The smallest absolute Gasteiger partial charge is 0.504 e. The Morgan fingerprint density at radius 1 is 1.43 bits per heavy atom. The van der Waals surface area contributed by atoms with E-state index in [9.17, 15) is 18.3 Å². The number of phenols is 1. The standard InChI is InChI=1S/C8H7F3O3/c1-13-7-4-5(2-3-6(7)12)14-8(9,10)11/h2-4,12H,1H3/i1D3. The number of alkyl halides is 3. The molecule has 3 nitrogen and oxygen atoms in total. The molecule has 1 N–H and O–H groups in total. The summed E-state index contributed by atoms with van der Waals surface area (Å²) in [6, 6.07) is 2.30. The number of hydrogen-bond donors (Lipinski definition) is 1. The highest BCUT2D eigenvalue weighted by atomic mass is 19.4. The predicted octanol–water partition coefficient (Wildman–Crippen LogP) is 2.30. The van der Waals surface area contributed by atoms with Gasteiger partial charge in [0, 0.05) is 6.07 Å². The van der Waals surface area contributed by atoms with Gasteiger partial charge in [-0.05, 0) is 12.1 Å². The van der Waals surface area contributed by atoms with Crippen LogP contribution in [0.1, 0.15) is 4.11 Å². The zero-order chi connectivity index (χ0) is 13.3. The first-order valence-corrected chi connectivity index (χ1v) is 3.35. The van der Waals surface area contributed by atoms with Crippen molar-refractivity contribution >= 4 is 0 Å². The lowest BCUT2D eigenvalue weighted by Crippen LogP contribution is -2.17. The first-order chi connectivity index (χ1) is 7.57. The molecule has 0 saturated heterocycles. The molecule has 0 aliphatic rings. The Bertz CT molecular complexity index is 403. The highest BCUT2D eigenvalue weighted by Crippen LogP contribution is 2.32. The van der Waals surface area contributed by atoms with E-state index in [1.807, 2.05) is 0 Å². The van der Waals surface area contributed by atoms with Crippen LogP contribution in [-0.2, 0) is 0 Å². The van der Waals surface area contributed by atoms with Gasteiger partial charge < -0.3 is 14.6 Å². The number of hydrogen-bond acceptors (Lipinski definition) is 3. The van der Waals surface area contributed by atoms with Gasteiger partial charge in [0.15, 0.2) is 11.5 Å². The van der Waals surface area contributed by atoms with Crippen molar-refractivity contribution in [3.05, 3.63) is 18.2 Å². The summed E-state index contributed by atoms with van der Waals surface area (Å²) in [6.07, 6.45) is -4.91. The van der Waals surface area contributed by atoms with Gasteiger partial charge in [-0.2, -0.15) is 0 Å². The molecule has 0 aliphatic heterocycles. The van der Waals surface area contributed by atoms with E-state index >= 15 is 0 Å². The van der Waals surface area contributed by atoms with E-state index in [1.165, 1.54) is 0 Å². The minimum Gasteiger partial charge on any atom is -0.504 e. The van der Waals surface area contributed by atoms with Crippen LogP contribution < -0.4 is 9.47 Å². The summed E-state index contributed by atoms with van der Waals surface area (Å²) in [4.78, 5) is 0. The van der Waals surface area contributed by atoms with E-state index in [0.29, 0.717) is 6.07 Å². The maximum atomic E-state index is 11.9. The third-order valence-corrected chi connectivity index (χ3v) is 1.27. The Hall–Kier alpha value is -1.59. The van der Waals surface area contributed by atoms with E-state index in [1.54, 1.807) is 0 Å². The van der Waals surface area contributed by atoms with Crippen LogP contribution in [0.15, 0.2) is 18.2 Å². The quantitative estimate of drug-likeness (QED) is 0.815. The van der Waals surface area contributed by atoms with Crippen LogP contribution in [0.3, 0.4) is 0 Å². The predicted molar refractivity (Wildman–Crippen MR) is 41.3 cm³/mol. The Kier molecular flexibility index (Phi) is 1.77. The average molecular weight is 211 g/mol. The monoisotopic (exact) mass is 211 g/mol. The van der Waals surface area contributed by atoms with Crippen LogP contribution in [0.5, 0.6) is 17.2 Å². The largest absolute Gasteiger partial charge is 0.573 e. The van der Waals surface area contributed by atoms with Crippen molar-refractivity contribution in [1.82, 2.24) is 0 Å². The molecule has 0 bridgehead atoms. The zero-order valence-corrected chi connectivity index (χ0v) is 6.63. The van der Waals surface area contributed by atoms with Crippen LogP contribution >= 0.6 is 0 Å². The summed E-state index contributed by atoms with van der Waals surface area (Å²) >= 11 is 0. The van der Waals surface area contributed by atoms with E-state index in [-0.39, 0.29) is 0 Å². The third-order valence-electron chi connectivity index (χ3n) is 1.27. The summed E-state index contributed by atoms with van der Waals surface area (Å²) in [5.74, 6) is -1.91. The first kappa shape index (κ1) is 6.80. The number of ether oxygens (including phenoxy) is 2. The van der Waals surface area contributed by atoms with Crippen molar-refractivity contribution in [3.63, 3.8) is 0 Å². The van der Waals surface area contributed by atoms with Gasteiger partial charge in [-0.15, -0.1) is 13.2 Å². The second-order valence-corrected chi connectivity index (χ2v) is 2.28. The van der Waals surface area contributed by atoms with Gasteiger partial charge in [0.25, 0.3) is 0 Å². The summed E-state index contributed by atoms with van der Waals surface area (Å²) in [5, 5.41) is 9.18. The van der Waals surface area contributed by atoms with Crippen LogP contribution in [0.25, 0.3) is 0 Å². The van der Waals surface area contributed by atoms with Gasteiger partial charge in [0.2, 0.25) is 0 Å². The summed E-state index contributed by atoms with van der Waals surface area (Å²) in [5.41, 5.74) is 0. The molecule has 0 amide bonds. The molecule has 78 valence electrons. The minimum atomic E-state index is -4.91. The zero-order valence-electron chi connectivity index (χ0n) is 9.63. The molecule has 0 saturated carbocycles. The normalized spacial score (nSPS) is 15.2. The lowest BCUT2D eigenvalue weighted by molar-refractivity contribution is -0.274. The second kappa shape index (κ2) is 3.65. The molecule has 1 aromatic rings. The Morgan fingerprint density at radius 2 is 2.14 bits per heavy atom. The number of halogens is 3. The maximum absolute atomic E-state index is 11.9. The molecular weight excluding hydrogens is 201 g/mol. The summed E-state index contributed by atoms with van der Waals surface area (Å²) in [7, 11) is -2.88. The maximum Gasteiger partial charge on any atom is 0.573 e. The van der Waals surface area contributed by atoms with Gasteiger partial charge in [-0.1, -0.05) is 0 Å². The highest BCUT2D eigenvalue weighted by Gasteiger charge is 2.31. The molecule has 1 aromatic carbocycles. The number of aromatic hydroxyl groups is 1. The van der Waals surface area contributed by atoms with Crippen LogP contribution in [0.4, 0.5) is 13.2 Å². The van der Waals surface area contributed by atoms with Gasteiger partial charge in [0.05, 0.1) is 11.2 Å². The molecule has 0 heterocycles. The van der Waals surface area contributed by atoms with E-state index in [2.05, 4.69) is 9.47 Å². The molecule has 0 fully saturated rings. The minimum absolute atomic E-state index is 0.601. The van der Waals surface area contributed by atoms with Crippen molar-refractivity contribution in [2.45, 2.75) is 6.36 Å². The third kappa shape index (κ3) is 2.72. The lowest BCUT2D eigenvalue weighted by Gasteiger charge is -2.10. The van der Waals surface area contributed by atoms with Gasteiger partial charge in [0.1, 0.15) is 5.75 Å². The molecule has 0 aromatic heterocycles. The number of rotatable bonds is 2. The van der Waals surface area contributed by atoms with E-state index < -0.39 is 30.6 Å². The molecule has 0 radical (unpaired) electrons. The topological polar surface area (TPSA) is 38.7 Å². The Labute approximate surface area is 81.9 Å². The summed E-state index contributed by atoms with van der Waals surface area (Å²) < 4.78 is 63.7. The van der Waals surface area contributed by atoms with Crippen LogP contribution in [0, 0.1) is 0 Å². The molecular formula is C8H7F3O3. The fourth-order valence-electron chi connectivity index (χ4n) is 0.773. The summed E-state index contributed by atoms with van der Waals surface area (Å²) in [6.45, 7) is 0. The Balaban J connectivity index is 2.95. The first-order valence-electron chi connectivity index (χ1n) is 4.85. The fraction of sp³-hybridized carbons (Fsp3) is 0.250. The van der Waals surface area contributed by atoms with E-state index in [0.717, 1.165) is 12.1 Å². The van der Waals surface area contributed by atoms with Gasteiger partial charge in [-0.25, -0.2) is 0 Å². The Morgan fingerprint density at radius 3 is 2.71 bits per heavy atom.